The molecule has 2 rings (SSSR count). The van der Waals surface area contributed by atoms with Gasteiger partial charge >= 0.3 is 5.97 Å². The second kappa shape index (κ2) is 7.68. The van der Waals surface area contributed by atoms with Gasteiger partial charge in [0.15, 0.2) is 0 Å². The standard InChI is InChI=1S/C17H17ClO3S/c1-12(22(20)11-17(19)21-2)13-3-5-14(6-4-13)15-7-9-16(18)10-8-15/h3-10,12H,11H2,1-2H3. The van der Waals surface area contributed by atoms with Gasteiger partial charge in [-0.1, -0.05) is 48.0 Å². The first-order chi connectivity index (χ1) is 10.5. The Kier molecular flexibility index (Phi) is 5.89. The third-order valence-electron chi connectivity index (χ3n) is 3.44. The lowest BCUT2D eigenvalue weighted by Gasteiger charge is -2.17. The van der Waals surface area contributed by atoms with Gasteiger partial charge in [-0.05, 0) is 41.4 Å². The fourth-order valence-corrected chi connectivity index (χ4v) is 3.23. The van der Waals surface area contributed by atoms with Gasteiger partial charge in [-0.3, -0.25) is 0 Å². The molecule has 0 aliphatic carbocycles. The fourth-order valence-electron chi connectivity index (χ4n) is 2.04. The van der Waals surface area contributed by atoms with Crippen LogP contribution in [0.5, 0.6) is 0 Å². The summed E-state index contributed by atoms with van der Waals surface area (Å²) in [7, 11) is 1.30. The van der Waals surface area contributed by atoms with Crippen molar-refractivity contribution < 1.29 is 14.1 Å². The van der Waals surface area contributed by atoms with E-state index >= 15 is 0 Å². The molecule has 2 aromatic rings. The molecule has 0 fully saturated rings. The van der Waals surface area contributed by atoms with Crippen molar-refractivity contribution in [2.45, 2.75) is 12.2 Å². The zero-order valence-corrected chi connectivity index (χ0v) is 14.0. The van der Waals surface area contributed by atoms with Gasteiger partial charge in [0.1, 0.15) is 5.25 Å². The van der Waals surface area contributed by atoms with Crippen LogP contribution in [0, 0.1) is 0 Å². The van der Waals surface area contributed by atoms with E-state index in [1.807, 2.05) is 55.5 Å². The highest BCUT2D eigenvalue weighted by molar-refractivity contribution is 7.92. The van der Waals surface area contributed by atoms with E-state index in [2.05, 4.69) is 4.74 Å². The van der Waals surface area contributed by atoms with Crippen LogP contribution in [0.1, 0.15) is 17.7 Å². The monoisotopic (exact) mass is 336 g/mol. The molecule has 2 aromatic carbocycles. The summed E-state index contributed by atoms with van der Waals surface area (Å²) < 4.78 is 16.7. The summed E-state index contributed by atoms with van der Waals surface area (Å²) in [5.74, 6) is -0.542. The summed E-state index contributed by atoms with van der Waals surface area (Å²) in [4.78, 5) is 11.2. The molecular weight excluding hydrogens is 320 g/mol. The van der Waals surface area contributed by atoms with E-state index in [1.54, 1.807) is 0 Å². The van der Waals surface area contributed by atoms with Gasteiger partial charge in [0.25, 0.3) is 0 Å². The molecule has 5 heteroatoms. The smallest absolute Gasteiger partial charge is 0.356 e. The highest BCUT2D eigenvalue weighted by Gasteiger charge is 2.22. The van der Waals surface area contributed by atoms with Crippen LogP contribution >= 0.6 is 11.6 Å². The zero-order chi connectivity index (χ0) is 16.1. The molecule has 0 saturated carbocycles. The van der Waals surface area contributed by atoms with Gasteiger partial charge in [-0.25, -0.2) is 4.79 Å². The number of esters is 1. The molecule has 2 unspecified atom stereocenters. The quantitative estimate of drug-likeness (QED) is 0.612. The van der Waals surface area contributed by atoms with Crippen molar-refractivity contribution in [2.24, 2.45) is 0 Å². The molecule has 0 saturated heterocycles. The van der Waals surface area contributed by atoms with Gasteiger partial charge in [0.2, 0.25) is 5.75 Å². The Morgan fingerprint density at radius 2 is 1.64 bits per heavy atom. The number of carbonyl (C=O) groups is 1. The van der Waals surface area contributed by atoms with Crippen LogP contribution in [0.25, 0.3) is 11.1 Å². The SMILES string of the molecule is COC(=O)C[S+]([O-])C(C)c1ccc(-c2ccc(Cl)cc2)cc1. The fraction of sp³-hybridized carbons (Fsp3) is 0.235. The zero-order valence-electron chi connectivity index (χ0n) is 12.4. The Morgan fingerprint density at radius 3 is 2.14 bits per heavy atom. The molecule has 2 atom stereocenters. The molecule has 0 N–H and O–H groups in total. The third kappa shape index (κ3) is 4.26. The number of methoxy groups -OCH3 is 1. The predicted octanol–water partition coefficient (Wildman–Crippen LogP) is 3.99. The lowest BCUT2D eigenvalue weighted by atomic mass is 10.0. The van der Waals surface area contributed by atoms with Crippen molar-refractivity contribution in [3.8, 4) is 11.1 Å². The molecule has 0 amide bonds. The second-order valence-corrected chi connectivity index (χ2v) is 7.07. The average Bonchev–Trinajstić information content (AvgIpc) is 2.55. The van der Waals surface area contributed by atoms with Crippen molar-refractivity contribution in [2.75, 3.05) is 12.9 Å². The molecule has 0 spiro atoms. The summed E-state index contributed by atoms with van der Waals surface area (Å²) in [6, 6.07) is 15.4. The van der Waals surface area contributed by atoms with E-state index in [4.69, 9.17) is 11.6 Å². The molecule has 0 aromatic heterocycles. The highest BCUT2D eigenvalue weighted by atomic mass is 35.5. The normalized spacial score (nSPS) is 13.5. The Labute approximate surface area is 138 Å². The molecule has 116 valence electrons. The number of hydrogen-bond acceptors (Lipinski definition) is 3. The van der Waals surface area contributed by atoms with Crippen LogP contribution in [0.2, 0.25) is 5.02 Å². The molecular formula is C17H17ClO3S. The Morgan fingerprint density at radius 1 is 1.14 bits per heavy atom. The highest BCUT2D eigenvalue weighted by Crippen LogP contribution is 2.27. The van der Waals surface area contributed by atoms with Crippen LogP contribution in [0.4, 0.5) is 0 Å². The molecule has 22 heavy (non-hydrogen) atoms. The number of halogens is 1. The van der Waals surface area contributed by atoms with E-state index in [1.165, 1.54) is 7.11 Å². The Hall–Kier alpha value is -1.49. The van der Waals surface area contributed by atoms with Gasteiger partial charge in [-0.15, -0.1) is 0 Å². The van der Waals surface area contributed by atoms with E-state index < -0.39 is 17.1 Å². The van der Waals surface area contributed by atoms with Crippen molar-refractivity contribution in [3.63, 3.8) is 0 Å². The number of rotatable bonds is 5. The maximum Gasteiger partial charge on any atom is 0.356 e. The Bertz CT molecular complexity index is 625. The van der Waals surface area contributed by atoms with E-state index in [-0.39, 0.29) is 11.0 Å². The maximum absolute atomic E-state index is 12.1. The van der Waals surface area contributed by atoms with Crippen molar-refractivity contribution in [1.29, 1.82) is 0 Å². The minimum Gasteiger partial charge on any atom is -0.615 e. The first-order valence-corrected chi connectivity index (χ1v) is 8.57. The Balaban J connectivity index is 2.11. The van der Waals surface area contributed by atoms with Crippen LogP contribution in [0.15, 0.2) is 48.5 Å². The lowest BCUT2D eigenvalue weighted by molar-refractivity contribution is -0.137. The first-order valence-electron chi connectivity index (χ1n) is 6.81. The molecule has 0 aliphatic heterocycles. The van der Waals surface area contributed by atoms with Crippen molar-refractivity contribution >= 4 is 28.7 Å². The molecule has 0 aliphatic rings. The average molecular weight is 337 g/mol. The number of hydrogen-bond donors (Lipinski definition) is 0. The molecule has 0 heterocycles. The topological polar surface area (TPSA) is 49.4 Å². The van der Waals surface area contributed by atoms with Crippen LogP contribution < -0.4 is 0 Å². The van der Waals surface area contributed by atoms with Crippen LogP contribution in [-0.2, 0) is 20.7 Å². The third-order valence-corrected chi connectivity index (χ3v) is 5.27. The van der Waals surface area contributed by atoms with E-state index in [0.29, 0.717) is 5.02 Å². The minimum atomic E-state index is -1.29. The summed E-state index contributed by atoms with van der Waals surface area (Å²) in [6.07, 6.45) is 0. The van der Waals surface area contributed by atoms with Crippen molar-refractivity contribution in [3.05, 3.63) is 59.1 Å². The number of ether oxygens (including phenoxy) is 1. The van der Waals surface area contributed by atoms with Crippen LogP contribution in [0.3, 0.4) is 0 Å². The van der Waals surface area contributed by atoms with Gasteiger partial charge in [0, 0.05) is 10.6 Å². The van der Waals surface area contributed by atoms with Gasteiger partial charge in [-0.2, -0.15) is 0 Å². The predicted molar refractivity (Wildman–Crippen MR) is 90.3 cm³/mol. The molecule has 3 nitrogen and oxygen atoms in total. The minimum absolute atomic E-state index is 0.0867. The van der Waals surface area contributed by atoms with Gasteiger partial charge in [0.05, 0.1) is 7.11 Å². The second-order valence-electron chi connectivity index (χ2n) is 4.87. The van der Waals surface area contributed by atoms with Crippen molar-refractivity contribution in [1.82, 2.24) is 0 Å². The molecule has 0 bridgehead atoms. The first kappa shape index (κ1) is 16.9. The lowest BCUT2D eigenvalue weighted by Crippen LogP contribution is -2.21. The number of benzene rings is 2. The van der Waals surface area contributed by atoms with E-state index in [0.717, 1.165) is 16.7 Å². The summed E-state index contributed by atoms with van der Waals surface area (Å²) in [5.41, 5.74) is 3.06. The largest absolute Gasteiger partial charge is 0.615 e. The van der Waals surface area contributed by atoms with Gasteiger partial charge < -0.3 is 9.29 Å². The number of carbonyl (C=O) groups excluding carboxylic acids is 1. The maximum atomic E-state index is 12.1. The summed E-state index contributed by atoms with van der Waals surface area (Å²) >= 11 is 4.59. The van der Waals surface area contributed by atoms with E-state index in [9.17, 15) is 9.35 Å². The summed E-state index contributed by atoms with van der Waals surface area (Å²) in [6.45, 7) is 1.84. The molecule has 0 radical (unpaired) electrons. The summed E-state index contributed by atoms with van der Waals surface area (Å²) in [5, 5.41) is 0.477. The van der Waals surface area contributed by atoms with Crippen LogP contribution in [-0.4, -0.2) is 23.4 Å².